The van der Waals surface area contributed by atoms with Gasteiger partial charge in [0.15, 0.2) is 0 Å². The summed E-state index contributed by atoms with van der Waals surface area (Å²) in [7, 11) is 0. The molecular weight excluding hydrogens is 388 g/mol. The topological polar surface area (TPSA) is 70.7 Å². The van der Waals surface area contributed by atoms with Gasteiger partial charge in [0.1, 0.15) is 0 Å². The van der Waals surface area contributed by atoms with Gasteiger partial charge < -0.3 is 10.1 Å². The summed E-state index contributed by atoms with van der Waals surface area (Å²) in [6.07, 6.45) is 6.39. The van der Waals surface area contributed by atoms with Crippen molar-refractivity contribution in [3.05, 3.63) is 77.6 Å². The van der Waals surface area contributed by atoms with Gasteiger partial charge in [-0.3, -0.25) is 4.79 Å². The van der Waals surface area contributed by atoms with E-state index in [9.17, 15) is 10.0 Å². The maximum atomic E-state index is 13.5. The molecule has 5 rings (SSSR count). The van der Waals surface area contributed by atoms with E-state index in [2.05, 4.69) is 16.3 Å². The number of anilines is 1. The summed E-state index contributed by atoms with van der Waals surface area (Å²) in [6, 6.07) is 17.7. The minimum Gasteiger partial charge on any atom is -0.411 e. The van der Waals surface area contributed by atoms with E-state index in [1.165, 1.54) is 0 Å². The summed E-state index contributed by atoms with van der Waals surface area (Å²) in [6.45, 7) is 2.56. The molecule has 2 aliphatic rings. The number of aryl methyl sites for hydroxylation is 1. The van der Waals surface area contributed by atoms with Gasteiger partial charge in [-0.1, -0.05) is 23.4 Å². The summed E-state index contributed by atoms with van der Waals surface area (Å²) in [5, 5.41) is 17.7. The molecule has 0 saturated heterocycles. The van der Waals surface area contributed by atoms with E-state index in [1.54, 1.807) is 0 Å². The van der Waals surface area contributed by atoms with Crippen LogP contribution in [0.4, 0.5) is 5.69 Å². The fourth-order valence-electron chi connectivity index (χ4n) is 5.12. The zero-order chi connectivity index (χ0) is 21.4. The lowest BCUT2D eigenvalue weighted by Crippen LogP contribution is -2.35. The van der Waals surface area contributed by atoms with Gasteiger partial charge in [-0.2, -0.15) is 5.10 Å². The molecule has 31 heavy (non-hydrogen) atoms. The van der Waals surface area contributed by atoms with E-state index in [0.717, 1.165) is 60.4 Å². The molecule has 3 aromatic rings. The predicted octanol–water partition coefficient (Wildman–Crippen LogP) is 4.77. The second-order valence-corrected chi connectivity index (χ2v) is 8.64. The first-order valence-corrected chi connectivity index (χ1v) is 10.8. The van der Waals surface area contributed by atoms with E-state index >= 15 is 0 Å². The number of aromatic nitrogens is 2. The van der Waals surface area contributed by atoms with E-state index in [1.807, 2.05) is 71.2 Å². The molecule has 1 aliphatic carbocycles. The third kappa shape index (κ3) is 3.42. The quantitative estimate of drug-likeness (QED) is 0.485. The Hall–Kier alpha value is -3.41. The Balaban J connectivity index is 1.46. The third-order valence-electron chi connectivity index (χ3n) is 6.77. The molecule has 0 bridgehead atoms. The van der Waals surface area contributed by atoms with Crippen molar-refractivity contribution in [3.63, 3.8) is 0 Å². The Bertz CT molecular complexity index is 1150. The molecular formula is C25H26N4O2. The number of amides is 1. The van der Waals surface area contributed by atoms with Crippen LogP contribution in [0.1, 0.15) is 47.3 Å². The molecule has 1 saturated carbocycles. The van der Waals surface area contributed by atoms with Gasteiger partial charge in [-0.25, -0.2) is 4.68 Å². The van der Waals surface area contributed by atoms with Gasteiger partial charge in [0.25, 0.3) is 5.91 Å². The smallest absolute Gasteiger partial charge is 0.258 e. The van der Waals surface area contributed by atoms with Gasteiger partial charge in [-0.15, -0.1) is 0 Å². The standard InChI is InChI=1S/C25H26N4O2/c1-18-12-15-29(26-18)21-10-8-19(9-11-21)24(30)28-16-14-25(13-4-7-23(25)27-31)17-20-5-2-3-6-22(20)28/h2-3,5-6,8-12,15,31H,4,7,13-14,16-17H2,1H3. The summed E-state index contributed by atoms with van der Waals surface area (Å²) in [5.41, 5.74) is 5.36. The molecule has 2 aromatic carbocycles. The average Bonchev–Trinajstić information content (AvgIpc) is 3.36. The van der Waals surface area contributed by atoms with E-state index in [0.29, 0.717) is 12.1 Å². The fraction of sp³-hybridized carbons (Fsp3) is 0.320. The fourth-order valence-corrected chi connectivity index (χ4v) is 5.12. The van der Waals surface area contributed by atoms with Crippen LogP contribution in [0.5, 0.6) is 0 Å². The summed E-state index contributed by atoms with van der Waals surface area (Å²) < 4.78 is 1.81. The number of rotatable bonds is 2. The second-order valence-electron chi connectivity index (χ2n) is 8.64. The van der Waals surface area contributed by atoms with Gasteiger partial charge in [0.2, 0.25) is 0 Å². The molecule has 0 radical (unpaired) electrons. The molecule has 158 valence electrons. The van der Waals surface area contributed by atoms with Gasteiger partial charge in [0, 0.05) is 29.4 Å². The number of hydrogen-bond donors (Lipinski definition) is 1. The molecule has 2 heterocycles. The predicted molar refractivity (Wildman–Crippen MR) is 120 cm³/mol. The van der Waals surface area contributed by atoms with Crippen LogP contribution in [-0.4, -0.2) is 33.2 Å². The van der Waals surface area contributed by atoms with Gasteiger partial charge in [-0.05, 0) is 81.0 Å². The largest absolute Gasteiger partial charge is 0.411 e. The molecule has 1 fully saturated rings. The van der Waals surface area contributed by atoms with E-state index in [4.69, 9.17) is 0 Å². The number of oxime groups is 1. The molecule has 1 spiro atoms. The van der Waals surface area contributed by atoms with Gasteiger partial charge >= 0.3 is 0 Å². The lowest BCUT2D eigenvalue weighted by molar-refractivity contribution is 0.0985. The summed E-state index contributed by atoms with van der Waals surface area (Å²) >= 11 is 0. The molecule has 1 N–H and O–H groups in total. The molecule has 1 aromatic heterocycles. The average molecular weight is 415 g/mol. The Morgan fingerprint density at radius 2 is 1.90 bits per heavy atom. The van der Waals surface area contributed by atoms with Crippen molar-refractivity contribution in [2.75, 3.05) is 11.4 Å². The summed E-state index contributed by atoms with van der Waals surface area (Å²) in [4.78, 5) is 15.4. The SMILES string of the molecule is Cc1ccn(-c2ccc(C(=O)N3CCC4(CCCC4=NO)Cc4ccccc43)cc2)n1. The second kappa shape index (κ2) is 7.69. The molecule has 1 aliphatic heterocycles. The van der Waals surface area contributed by atoms with Crippen LogP contribution in [0.15, 0.2) is 65.9 Å². The minimum absolute atomic E-state index is 0.00631. The van der Waals surface area contributed by atoms with Crippen LogP contribution < -0.4 is 4.90 Å². The van der Waals surface area contributed by atoms with Crippen molar-refractivity contribution in [1.29, 1.82) is 0 Å². The number of para-hydroxylation sites is 1. The number of carbonyl (C=O) groups excluding carboxylic acids is 1. The lowest BCUT2D eigenvalue weighted by atomic mass is 9.76. The third-order valence-corrected chi connectivity index (χ3v) is 6.77. The van der Waals surface area contributed by atoms with Crippen LogP contribution in [0.25, 0.3) is 5.69 Å². The zero-order valence-electron chi connectivity index (χ0n) is 17.7. The normalized spacial score (nSPS) is 22.0. The van der Waals surface area contributed by atoms with Crippen LogP contribution in [0.2, 0.25) is 0 Å². The van der Waals surface area contributed by atoms with Gasteiger partial charge in [0.05, 0.1) is 17.1 Å². The molecule has 1 atom stereocenters. The first-order chi connectivity index (χ1) is 15.1. The van der Waals surface area contributed by atoms with Crippen molar-refractivity contribution < 1.29 is 10.0 Å². The van der Waals surface area contributed by atoms with E-state index in [-0.39, 0.29) is 11.3 Å². The van der Waals surface area contributed by atoms with Crippen molar-refractivity contribution in [2.45, 2.75) is 39.0 Å². The van der Waals surface area contributed by atoms with E-state index < -0.39 is 0 Å². The number of benzene rings is 2. The van der Waals surface area contributed by atoms with Crippen molar-refractivity contribution in [1.82, 2.24) is 9.78 Å². The minimum atomic E-state index is -0.151. The number of hydrogen-bond acceptors (Lipinski definition) is 4. The maximum absolute atomic E-state index is 13.5. The first-order valence-electron chi connectivity index (χ1n) is 10.8. The Labute approximate surface area is 181 Å². The number of nitrogens with zero attached hydrogens (tertiary/aromatic N) is 4. The monoisotopic (exact) mass is 414 g/mol. The number of carbonyl (C=O) groups is 1. The highest BCUT2D eigenvalue weighted by Gasteiger charge is 2.43. The highest BCUT2D eigenvalue weighted by molar-refractivity contribution is 6.07. The van der Waals surface area contributed by atoms with Crippen LogP contribution in [-0.2, 0) is 6.42 Å². The van der Waals surface area contributed by atoms with Crippen molar-refractivity contribution in [2.24, 2.45) is 10.6 Å². The highest BCUT2D eigenvalue weighted by atomic mass is 16.4. The first kappa shape index (κ1) is 19.5. The molecule has 1 amide bonds. The van der Waals surface area contributed by atoms with Crippen molar-refractivity contribution in [3.8, 4) is 5.69 Å². The molecule has 6 heteroatoms. The molecule has 6 nitrogen and oxygen atoms in total. The number of fused-ring (bicyclic) bond motifs is 1. The zero-order valence-corrected chi connectivity index (χ0v) is 17.7. The maximum Gasteiger partial charge on any atom is 0.258 e. The highest BCUT2D eigenvalue weighted by Crippen LogP contribution is 2.46. The molecule has 1 unspecified atom stereocenters. The summed E-state index contributed by atoms with van der Waals surface area (Å²) in [5.74, 6) is -0.00631. The Morgan fingerprint density at radius 3 is 2.65 bits per heavy atom. The van der Waals surface area contributed by atoms with Crippen LogP contribution >= 0.6 is 0 Å². The Kier molecular flexibility index (Phi) is 4.85. The Morgan fingerprint density at radius 1 is 1.10 bits per heavy atom. The van der Waals surface area contributed by atoms with Crippen molar-refractivity contribution >= 4 is 17.3 Å². The van der Waals surface area contributed by atoms with Crippen LogP contribution in [0.3, 0.4) is 0 Å². The lowest BCUT2D eigenvalue weighted by Gasteiger charge is -2.28. The van der Waals surface area contributed by atoms with Crippen LogP contribution in [0, 0.1) is 12.3 Å².